The maximum Gasteiger partial charge on any atom is 0.253 e. The minimum atomic E-state index is -0.252. The minimum absolute atomic E-state index is 0.108. The lowest BCUT2D eigenvalue weighted by Crippen LogP contribution is -2.36. The zero-order valence-corrected chi connectivity index (χ0v) is 13.1. The van der Waals surface area contributed by atoms with E-state index in [1.165, 1.54) is 11.0 Å². The first-order valence-electron chi connectivity index (χ1n) is 6.94. The summed E-state index contributed by atoms with van der Waals surface area (Å²) in [4.78, 5) is 12.6. The van der Waals surface area contributed by atoms with Gasteiger partial charge in [-0.3, -0.25) is 9.48 Å². The average molecular weight is 332 g/mol. The third kappa shape index (κ3) is 3.54. The van der Waals surface area contributed by atoms with Crippen LogP contribution in [0.25, 0.3) is 5.69 Å². The van der Waals surface area contributed by atoms with Crippen LogP contribution in [-0.4, -0.2) is 41.9 Å². The Morgan fingerprint density at radius 1 is 1.43 bits per heavy atom. The van der Waals surface area contributed by atoms with Crippen LogP contribution in [0.5, 0.6) is 0 Å². The molecule has 9 heteroatoms. The van der Waals surface area contributed by atoms with Gasteiger partial charge in [-0.25, -0.2) is 0 Å². The number of nitrogens with one attached hydrogen (secondary N) is 1. The zero-order chi connectivity index (χ0) is 16.2. The third-order valence-corrected chi connectivity index (χ3v) is 3.43. The monoisotopic (exact) mass is 331 g/mol. The number of aromatic nitrogens is 6. The number of nitrogens with zero attached hydrogens (tertiary/aromatic N) is 6. The molecule has 0 fully saturated rings. The number of amides is 1. The van der Waals surface area contributed by atoms with Gasteiger partial charge in [-0.1, -0.05) is 11.6 Å². The van der Waals surface area contributed by atoms with Crippen LogP contribution in [-0.2, 0) is 6.54 Å². The second-order valence-electron chi connectivity index (χ2n) is 5.02. The van der Waals surface area contributed by atoms with Gasteiger partial charge in [-0.15, -0.1) is 5.10 Å². The van der Waals surface area contributed by atoms with Gasteiger partial charge in [0, 0.05) is 23.5 Å². The van der Waals surface area contributed by atoms with Gasteiger partial charge in [-0.05, 0) is 41.6 Å². The maximum atomic E-state index is 12.6. The Hall–Kier alpha value is -2.74. The lowest BCUT2D eigenvalue weighted by Gasteiger charge is -2.15. The van der Waals surface area contributed by atoms with Crippen molar-refractivity contribution < 1.29 is 4.79 Å². The van der Waals surface area contributed by atoms with Gasteiger partial charge in [0.2, 0.25) is 0 Å². The molecule has 0 saturated carbocycles. The number of carbonyl (C=O) groups excluding carboxylic acids is 1. The first-order chi connectivity index (χ1) is 11.1. The van der Waals surface area contributed by atoms with E-state index >= 15 is 0 Å². The van der Waals surface area contributed by atoms with Crippen molar-refractivity contribution in [2.75, 3.05) is 0 Å². The number of hydrogen-bond donors (Lipinski definition) is 1. The van der Waals surface area contributed by atoms with Crippen molar-refractivity contribution >= 4 is 17.5 Å². The van der Waals surface area contributed by atoms with Gasteiger partial charge in [-0.2, -0.15) is 9.78 Å². The van der Waals surface area contributed by atoms with Crippen LogP contribution < -0.4 is 5.32 Å². The van der Waals surface area contributed by atoms with E-state index in [0.29, 0.717) is 22.8 Å². The summed E-state index contributed by atoms with van der Waals surface area (Å²) in [6.45, 7) is 2.47. The molecule has 0 bridgehead atoms. The van der Waals surface area contributed by atoms with Crippen molar-refractivity contribution in [2.24, 2.45) is 0 Å². The van der Waals surface area contributed by atoms with E-state index in [4.69, 9.17) is 11.6 Å². The van der Waals surface area contributed by atoms with E-state index in [2.05, 4.69) is 25.9 Å². The number of halogens is 1. The fourth-order valence-electron chi connectivity index (χ4n) is 2.20. The van der Waals surface area contributed by atoms with Gasteiger partial charge >= 0.3 is 0 Å². The van der Waals surface area contributed by atoms with Crippen LogP contribution in [0.1, 0.15) is 17.3 Å². The highest BCUT2D eigenvalue weighted by molar-refractivity contribution is 6.31. The fourth-order valence-corrected chi connectivity index (χ4v) is 2.37. The van der Waals surface area contributed by atoms with Crippen molar-refractivity contribution in [1.29, 1.82) is 0 Å². The molecule has 3 aromatic rings. The van der Waals surface area contributed by atoms with Gasteiger partial charge in [0.15, 0.2) is 0 Å². The van der Waals surface area contributed by atoms with E-state index in [0.717, 1.165) is 0 Å². The summed E-state index contributed by atoms with van der Waals surface area (Å²) in [6, 6.07) is 6.70. The summed E-state index contributed by atoms with van der Waals surface area (Å²) in [7, 11) is 0. The quantitative estimate of drug-likeness (QED) is 0.761. The highest BCUT2D eigenvalue weighted by Gasteiger charge is 2.16. The van der Waals surface area contributed by atoms with E-state index < -0.39 is 0 Å². The maximum absolute atomic E-state index is 12.6. The molecule has 118 valence electrons. The van der Waals surface area contributed by atoms with Crippen LogP contribution >= 0.6 is 11.6 Å². The number of rotatable bonds is 5. The van der Waals surface area contributed by atoms with Crippen molar-refractivity contribution in [3.8, 4) is 5.69 Å². The molecule has 2 aromatic heterocycles. The molecule has 0 aliphatic carbocycles. The van der Waals surface area contributed by atoms with Crippen molar-refractivity contribution in [3.63, 3.8) is 0 Å². The molecule has 1 aromatic carbocycles. The second-order valence-corrected chi connectivity index (χ2v) is 5.45. The molecule has 0 unspecified atom stereocenters. The Morgan fingerprint density at radius 2 is 2.30 bits per heavy atom. The Labute approximate surface area is 137 Å². The van der Waals surface area contributed by atoms with Crippen molar-refractivity contribution in [2.45, 2.75) is 19.5 Å². The highest BCUT2D eigenvalue weighted by Crippen LogP contribution is 2.19. The number of tetrazole rings is 1. The molecule has 1 amide bonds. The molecule has 3 rings (SSSR count). The first kappa shape index (κ1) is 15.2. The molecule has 8 nitrogen and oxygen atoms in total. The standard InChI is InChI=1S/C14H14ClN7O/c1-10(8-21-6-2-5-17-21)18-14(23)12-7-11(15)3-4-13(12)22-9-16-19-20-22/h2-7,9-10H,8H2,1H3,(H,18,23)/t10-/m0/s1. The van der Waals surface area contributed by atoms with E-state index in [1.54, 1.807) is 29.1 Å². The van der Waals surface area contributed by atoms with Crippen LogP contribution in [0.15, 0.2) is 43.0 Å². The predicted octanol–water partition coefficient (Wildman–Crippen LogP) is 1.33. The molecule has 0 spiro atoms. The largest absolute Gasteiger partial charge is 0.348 e. The van der Waals surface area contributed by atoms with Crippen LogP contribution in [0.2, 0.25) is 5.02 Å². The topological polar surface area (TPSA) is 90.5 Å². The SMILES string of the molecule is C[C@@H](Cn1cccn1)NC(=O)c1cc(Cl)ccc1-n1cnnn1. The smallest absolute Gasteiger partial charge is 0.253 e. The van der Waals surface area contributed by atoms with Gasteiger partial charge < -0.3 is 5.32 Å². The zero-order valence-electron chi connectivity index (χ0n) is 12.3. The number of benzene rings is 1. The lowest BCUT2D eigenvalue weighted by atomic mass is 10.1. The van der Waals surface area contributed by atoms with E-state index in [1.807, 2.05) is 19.2 Å². The number of carbonyl (C=O) groups is 1. The Balaban J connectivity index is 1.80. The molecular weight excluding hydrogens is 318 g/mol. The van der Waals surface area contributed by atoms with Gasteiger partial charge in [0.05, 0.1) is 17.8 Å². The highest BCUT2D eigenvalue weighted by atomic mass is 35.5. The van der Waals surface area contributed by atoms with Gasteiger partial charge in [0.25, 0.3) is 5.91 Å². The molecule has 0 aliphatic heterocycles. The Bertz CT molecular complexity index is 786. The summed E-state index contributed by atoms with van der Waals surface area (Å²) < 4.78 is 3.18. The molecule has 23 heavy (non-hydrogen) atoms. The van der Waals surface area contributed by atoms with Crippen LogP contribution in [0, 0.1) is 0 Å². The van der Waals surface area contributed by atoms with Gasteiger partial charge in [0.1, 0.15) is 6.33 Å². The molecular formula is C14H14ClN7O. The third-order valence-electron chi connectivity index (χ3n) is 3.20. The molecule has 0 aliphatic rings. The second kappa shape index (κ2) is 6.57. The molecule has 1 N–H and O–H groups in total. The summed E-state index contributed by atoms with van der Waals surface area (Å²) in [5, 5.41) is 18.5. The lowest BCUT2D eigenvalue weighted by molar-refractivity contribution is 0.0936. The Kier molecular flexibility index (Phi) is 4.33. The molecule has 1 atom stereocenters. The molecule has 0 saturated heterocycles. The normalized spacial score (nSPS) is 12.1. The van der Waals surface area contributed by atoms with Crippen molar-refractivity contribution in [3.05, 3.63) is 53.6 Å². The average Bonchev–Trinajstić information content (AvgIpc) is 3.20. The summed E-state index contributed by atoms with van der Waals surface area (Å²) >= 11 is 6.02. The van der Waals surface area contributed by atoms with E-state index in [9.17, 15) is 4.79 Å². The summed E-state index contributed by atoms with van der Waals surface area (Å²) in [5.41, 5.74) is 0.959. The van der Waals surface area contributed by atoms with Crippen LogP contribution in [0.3, 0.4) is 0 Å². The Morgan fingerprint density at radius 3 is 3.00 bits per heavy atom. The first-order valence-corrected chi connectivity index (χ1v) is 7.32. The minimum Gasteiger partial charge on any atom is -0.348 e. The van der Waals surface area contributed by atoms with Crippen molar-refractivity contribution in [1.82, 2.24) is 35.3 Å². The number of hydrogen-bond acceptors (Lipinski definition) is 5. The summed E-state index contributed by atoms with van der Waals surface area (Å²) in [5.74, 6) is -0.252. The summed E-state index contributed by atoms with van der Waals surface area (Å²) in [6.07, 6.45) is 4.96. The van der Waals surface area contributed by atoms with E-state index in [-0.39, 0.29) is 11.9 Å². The molecule has 2 heterocycles. The fraction of sp³-hybridized carbons (Fsp3) is 0.214. The predicted molar refractivity (Wildman–Crippen MR) is 83.3 cm³/mol. The molecule has 0 radical (unpaired) electrons. The van der Waals surface area contributed by atoms with Crippen LogP contribution in [0.4, 0.5) is 0 Å².